The molecular formula is C17H21N5. The highest BCUT2D eigenvalue weighted by molar-refractivity contribution is 5.33. The molecule has 2 aromatic heterocycles. The molecule has 0 bridgehead atoms. The van der Waals surface area contributed by atoms with Crippen molar-refractivity contribution in [2.75, 3.05) is 0 Å². The number of rotatable bonds is 6. The molecule has 0 fully saturated rings. The molecule has 0 aliphatic carbocycles. The van der Waals surface area contributed by atoms with Crippen molar-refractivity contribution in [1.29, 1.82) is 0 Å². The van der Waals surface area contributed by atoms with Gasteiger partial charge in [0.1, 0.15) is 0 Å². The number of nitrogens with zero attached hydrogens (tertiary/aromatic N) is 4. The molecule has 0 saturated carbocycles. The fraction of sp³-hybridized carbons (Fsp3) is 0.294. The Balaban J connectivity index is 1.57. The van der Waals surface area contributed by atoms with E-state index in [4.69, 9.17) is 0 Å². The van der Waals surface area contributed by atoms with Crippen molar-refractivity contribution in [1.82, 2.24) is 24.9 Å². The zero-order chi connectivity index (χ0) is 15.4. The number of aromatic nitrogens is 4. The number of hydrogen-bond acceptors (Lipinski definition) is 3. The molecule has 0 aliphatic rings. The topological polar surface area (TPSA) is 47.7 Å². The molecule has 0 aliphatic heterocycles. The van der Waals surface area contributed by atoms with Gasteiger partial charge < -0.3 is 5.32 Å². The van der Waals surface area contributed by atoms with Crippen LogP contribution in [-0.2, 0) is 6.54 Å². The molecule has 0 saturated heterocycles. The van der Waals surface area contributed by atoms with Crippen LogP contribution in [0.5, 0.6) is 0 Å². The molecule has 0 unspecified atom stereocenters. The van der Waals surface area contributed by atoms with Gasteiger partial charge in [0.05, 0.1) is 11.7 Å². The van der Waals surface area contributed by atoms with Gasteiger partial charge in [0.25, 0.3) is 0 Å². The Kier molecular flexibility index (Phi) is 4.34. The Labute approximate surface area is 130 Å². The Morgan fingerprint density at radius 1 is 1.00 bits per heavy atom. The van der Waals surface area contributed by atoms with Crippen LogP contribution in [-0.4, -0.2) is 25.6 Å². The summed E-state index contributed by atoms with van der Waals surface area (Å²) in [5.41, 5.74) is 2.34. The number of benzene rings is 1. The smallest absolute Gasteiger partial charge is 0.0645 e. The van der Waals surface area contributed by atoms with Crippen molar-refractivity contribution < 1.29 is 0 Å². The summed E-state index contributed by atoms with van der Waals surface area (Å²) in [6.07, 6.45) is 7.55. The maximum Gasteiger partial charge on any atom is 0.0645 e. The van der Waals surface area contributed by atoms with E-state index in [0.717, 1.165) is 12.2 Å². The average Bonchev–Trinajstić information content (AvgIpc) is 3.25. The van der Waals surface area contributed by atoms with Crippen LogP contribution in [0.3, 0.4) is 0 Å². The van der Waals surface area contributed by atoms with E-state index in [9.17, 15) is 0 Å². The van der Waals surface area contributed by atoms with E-state index in [1.807, 2.05) is 40.1 Å². The molecule has 2 heterocycles. The summed E-state index contributed by atoms with van der Waals surface area (Å²) < 4.78 is 3.85. The zero-order valence-electron chi connectivity index (χ0n) is 12.9. The molecule has 2 atom stereocenters. The fourth-order valence-corrected chi connectivity index (χ4v) is 2.39. The molecule has 5 heteroatoms. The Morgan fingerprint density at radius 2 is 1.73 bits per heavy atom. The summed E-state index contributed by atoms with van der Waals surface area (Å²) in [7, 11) is 0. The molecule has 5 nitrogen and oxygen atoms in total. The predicted octanol–water partition coefficient (Wildman–Crippen LogP) is 2.81. The van der Waals surface area contributed by atoms with Gasteiger partial charge in [0.15, 0.2) is 0 Å². The third kappa shape index (κ3) is 3.26. The van der Waals surface area contributed by atoms with Crippen LogP contribution < -0.4 is 5.32 Å². The summed E-state index contributed by atoms with van der Waals surface area (Å²) in [4.78, 5) is 0. The van der Waals surface area contributed by atoms with Gasteiger partial charge in [-0.2, -0.15) is 10.2 Å². The van der Waals surface area contributed by atoms with Gasteiger partial charge in [-0.25, -0.2) is 4.68 Å². The SMILES string of the molecule is C[C@H](NCc1ccc(-n2cccn2)cc1)[C@H](C)n1cccn1. The lowest BCUT2D eigenvalue weighted by Gasteiger charge is -2.22. The van der Waals surface area contributed by atoms with Gasteiger partial charge in [-0.3, -0.25) is 4.68 Å². The second kappa shape index (κ2) is 6.58. The van der Waals surface area contributed by atoms with E-state index in [1.165, 1.54) is 5.56 Å². The van der Waals surface area contributed by atoms with Crippen molar-refractivity contribution in [3.63, 3.8) is 0 Å². The molecule has 114 valence electrons. The Hall–Kier alpha value is -2.40. The lowest BCUT2D eigenvalue weighted by Crippen LogP contribution is -2.33. The third-order valence-corrected chi connectivity index (χ3v) is 4.00. The van der Waals surface area contributed by atoms with Crippen LogP contribution in [0, 0.1) is 0 Å². The van der Waals surface area contributed by atoms with Crippen LogP contribution in [0.4, 0.5) is 0 Å². The summed E-state index contributed by atoms with van der Waals surface area (Å²) in [6, 6.07) is 13.0. The van der Waals surface area contributed by atoms with Crippen molar-refractivity contribution in [3.05, 3.63) is 66.7 Å². The third-order valence-electron chi connectivity index (χ3n) is 4.00. The van der Waals surface area contributed by atoms with Crippen molar-refractivity contribution in [2.45, 2.75) is 32.5 Å². The van der Waals surface area contributed by atoms with E-state index < -0.39 is 0 Å². The predicted molar refractivity (Wildman–Crippen MR) is 86.8 cm³/mol. The molecule has 22 heavy (non-hydrogen) atoms. The fourth-order valence-electron chi connectivity index (χ4n) is 2.39. The first kappa shape index (κ1) is 14.5. The largest absolute Gasteiger partial charge is 0.308 e. The molecule has 1 N–H and O–H groups in total. The Bertz CT molecular complexity index is 670. The lowest BCUT2D eigenvalue weighted by molar-refractivity contribution is 0.365. The highest BCUT2D eigenvalue weighted by atomic mass is 15.3. The van der Waals surface area contributed by atoms with E-state index in [-0.39, 0.29) is 0 Å². The zero-order valence-corrected chi connectivity index (χ0v) is 12.9. The highest BCUT2D eigenvalue weighted by Crippen LogP contribution is 2.12. The van der Waals surface area contributed by atoms with E-state index >= 15 is 0 Å². The average molecular weight is 295 g/mol. The standard InChI is InChI=1S/C17H21N5/c1-14(15(2)21-11-3-9-19-21)18-13-16-5-7-17(8-6-16)22-12-4-10-20-22/h3-12,14-15,18H,13H2,1-2H3/t14-,15-/m0/s1. The second-order valence-electron chi connectivity index (χ2n) is 5.51. The highest BCUT2D eigenvalue weighted by Gasteiger charge is 2.13. The van der Waals surface area contributed by atoms with Gasteiger partial charge in [-0.05, 0) is 43.7 Å². The molecule has 3 aromatic rings. The molecule has 0 spiro atoms. The maximum absolute atomic E-state index is 4.30. The van der Waals surface area contributed by atoms with Crippen LogP contribution in [0.2, 0.25) is 0 Å². The molecule has 0 radical (unpaired) electrons. The quantitative estimate of drug-likeness (QED) is 0.760. The van der Waals surface area contributed by atoms with Crippen LogP contribution in [0.1, 0.15) is 25.5 Å². The van der Waals surface area contributed by atoms with Crippen molar-refractivity contribution >= 4 is 0 Å². The van der Waals surface area contributed by atoms with Crippen molar-refractivity contribution in [2.24, 2.45) is 0 Å². The molecular weight excluding hydrogens is 274 g/mol. The van der Waals surface area contributed by atoms with Crippen LogP contribution in [0.15, 0.2) is 61.2 Å². The van der Waals surface area contributed by atoms with Crippen LogP contribution >= 0.6 is 0 Å². The first-order valence-electron chi connectivity index (χ1n) is 7.55. The molecule has 3 rings (SSSR count). The van der Waals surface area contributed by atoms with Gasteiger partial charge in [0.2, 0.25) is 0 Å². The van der Waals surface area contributed by atoms with Gasteiger partial charge in [-0.15, -0.1) is 0 Å². The minimum atomic E-state index is 0.318. The van der Waals surface area contributed by atoms with E-state index in [1.54, 1.807) is 6.20 Å². The monoisotopic (exact) mass is 295 g/mol. The van der Waals surface area contributed by atoms with Gasteiger partial charge >= 0.3 is 0 Å². The number of nitrogens with one attached hydrogen (secondary N) is 1. The van der Waals surface area contributed by atoms with Gasteiger partial charge in [-0.1, -0.05) is 12.1 Å². The summed E-state index contributed by atoms with van der Waals surface area (Å²) >= 11 is 0. The first-order valence-corrected chi connectivity index (χ1v) is 7.55. The second-order valence-corrected chi connectivity index (χ2v) is 5.51. The molecule has 1 aromatic carbocycles. The van der Waals surface area contributed by atoms with E-state index in [0.29, 0.717) is 12.1 Å². The molecule has 0 amide bonds. The van der Waals surface area contributed by atoms with Crippen molar-refractivity contribution in [3.8, 4) is 5.69 Å². The normalized spacial score (nSPS) is 13.9. The maximum atomic E-state index is 4.30. The van der Waals surface area contributed by atoms with Gasteiger partial charge in [0, 0.05) is 37.4 Å². The summed E-state index contributed by atoms with van der Waals surface area (Å²) in [5, 5.41) is 12.1. The summed E-state index contributed by atoms with van der Waals surface area (Å²) in [6.45, 7) is 5.20. The number of hydrogen-bond donors (Lipinski definition) is 1. The van der Waals surface area contributed by atoms with Crippen LogP contribution in [0.25, 0.3) is 5.69 Å². The van der Waals surface area contributed by atoms with E-state index in [2.05, 4.69) is 53.6 Å². The Morgan fingerprint density at radius 3 is 2.36 bits per heavy atom. The summed E-state index contributed by atoms with van der Waals surface area (Å²) in [5.74, 6) is 0. The lowest BCUT2D eigenvalue weighted by atomic mass is 10.1. The minimum Gasteiger partial charge on any atom is -0.308 e. The first-order chi connectivity index (χ1) is 10.7. The minimum absolute atomic E-state index is 0.318.